The molecule has 0 aromatic carbocycles. The summed E-state index contributed by atoms with van der Waals surface area (Å²) in [7, 11) is 0. The number of esters is 2. The molecule has 0 heterocycles. The van der Waals surface area contributed by atoms with E-state index in [2.05, 4.69) is 10.6 Å². The molecule has 0 aliphatic carbocycles. The summed E-state index contributed by atoms with van der Waals surface area (Å²) in [4.78, 5) is 70.6. The van der Waals surface area contributed by atoms with Gasteiger partial charge in [-0.2, -0.15) is 0 Å². The highest BCUT2D eigenvalue weighted by Gasteiger charge is 2.14. The number of rotatable bonds is 31. The standard InChI is InChI=1S/C34H60N2O8/c1-3-43-33(41)21-17-13-9-5-7-11-15-19-25-35-31(39)27-29(37)23-24-30(38)28-32(40)36-26-20-16-12-8-6-10-14-18-22-34(42)44-4-2/h3-28H2,1-2H3,(H,35,39)(H,36,40). The van der Waals surface area contributed by atoms with Crippen LogP contribution in [0.3, 0.4) is 0 Å². The summed E-state index contributed by atoms with van der Waals surface area (Å²) < 4.78 is 9.82. The van der Waals surface area contributed by atoms with Crippen molar-refractivity contribution in [1.82, 2.24) is 10.6 Å². The maximum atomic E-state index is 12.1. The molecule has 10 nitrogen and oxygen atoms in total. The Morgan fingerprint density at radius 3 is 1.02 bits per heavy atom. The van der Waals surface area contributed by atoms with Gasteiger partial charge in [-0.25, -0.2) is 0 Å². The second kappa shape index (κ2) is 30.3. The highest BCUT2D eigenvalue weighted by molar-refractivity contribution is 6.02. The predicted octanol–water partition coefficient (Wildman–Crippen LogP) is 6.07. The lowest BCUT2D eigenvalue weighted by Crippen LogP contribution is -2.28. The van der Waals surface area contributed by atoms with Crippen molar-refractivity contribution in [2.75, 3.05) is 26.3 Å². The van der Waals surface area contributed by atoms with Gasteiger partial charge in [0.25, 0.3) is 0 Å². The topological polar surface area (TPSA) is 145 Å². The van der Waals surface area contributed by atoms with E-state index in [9.17, 15) is 28.8 Å². The summed E-state index contributed by atoms with van der Waals surface area (Å²) in [6.07, 6.45) is 16.9. The van der Waals surface area contributed by atoms with Gasteiger partial charge in [-0.1, -0.05) is 77.0 Å². The molecule has 0 rings (SSSR count). The number of hydrogen-bond acceptors (Lipinski definition) is 8. The molecule has 0 bridgehead atoms. The third kappa shape index (κ3) is 29.3. The zero-order valence-corrected chi connectivity index (χ0v) is 27.7. The first-order chi connectivity index (χ1) is 21.3. The lowest BCUT2D eigenvalue weighted by Gasteiger charge is -2.06. The van der Waals surface area contributed by atoms with E-state index >= 15 is 0 Å². The van der Waals surface area contributed by atoms with E-state index in [1.54, 1.807) is 0 Å². The van der Waals surface area contributed by atoms with Crippen molar-refractivity contribution in [2.45, 2.75) is 155 Å². The maximum absolute atomic E-state index is 12.1. The third-order valence-electron chi connectivity index (χ3n) is 7.27. The van der Waals surface area contributed by atoms with E-state index in [1.807, 2.05) is 13.8 Å². The Bertz CT molecular complexity index is 749. The molecule has 0 radical (unpaired) electrons. The van der Waals surface area contributed by atoms with Crippen molar-refractivity contribution in [3.8, 4) is 0 Å². The fourth-order valence-electron chi connectivity index (χ4n) is 4.77. The van der Waals surface area contributed by atoms with Crippen molar-refractivity contribution in [3.05, 3.63) is 0 Å². The summed E-state index contributed by atoms with van der Waals surface area (Å²) in [5.74, 6) is -1.47. The Morgan fingerprint density at radius 1 is 0.409 bits per heavy atom. The van der Waals surface area contributed by atoms with Crippen LogP contribution in [0.15, 0.2) is 0 Å². The molecule has 0 aliphatic heterocycles. The molecular weight excluding hydrogens is 564 g/mol. The lowest BCUT2D eigenvalue weighted by molar-refractivity contribution is -0.144. The highest BCUT2D eigenvalue weighted by Crippen LogP contribution is 2.11. The number of carbonyl (C=O) groups is 6. The van der Waals surface area contributed by atoms with E-state index < -0.39 is 0 Å². The van der Waals surface area contributed by atoms with Gasteiger partial charge in [0.05, 0.1) is 26.1 Å². The van der Waals surface area contributed by atoms with Crippen molar-refractivity contribution in [1.29, 1.82) is 0 Å². The Labute approximate surface area is 265 Å². The van der Waals surface area contributed by atoms with Crippen LogP contribution in [0.25, 0.3) is 0 Å². The first kappa shape index (κ1) is 41.2. The van der Waals surface area contributed by atoms with Crippen LogP contribution >= 0.6 is 0 Å². The molecule has 2 N–H and O–H groups in total. The van der Waals surface area contributed by atoms with E-state index in [0.29, 0.717) is 39.1 Å². The molecule has 0 aromatic rings. The molecule has 0 unspecified atom stereocenters. The van der Waals surface area contributed by atoms with Crippen molar-refractivity contribution >= 4 is 35.3 Å². The van der Waals surface area contributed by atoms with Crippen LogP contribution in [-0.2, 0) is 38.2 Å². The number of amides is 2. The summed E-state index contributed by atoms with van der Waals surface area (Å²) in [5, 5.41) is 5.53. The van der Waals surface area contributed by atoms with Gasteiger partial charge >= 0.3 is 11.9 Å². The smallest absolute Gasteiger partial charge is 0.305 e. The number of Topliss-reactive ketones (excluding diaryl/α,β-unsaturated/α-hetero) is 2. The molecule has 0 aliphatic rings. The lowest BCUT2D eigenvalue weighted by atomic mass is 10.1. The average Bonchev–Trinajstić information content (AvgIpc) is 2.97. The van der Waals surface area contributed by atoms with Gasteiger partial charge in [-0.15, -0.1) is 0 Å². The van der Waals surface area contributed by atoms with Crippen LogP contribution in [-0.4, -0.2) is 61.6 Å². The van der Waals surface area contributed by atoms with Gasteiger partial charge in [-0.3, -0.25) is 28.8 Å². The normalized spacial score (nSPS) is 10.7. The number of hydrogen-bond donors (Lipinski definition) is 2. The number of ether oxygens (including phenoxy) is 2. The van der Waals surface area contributed by atoms with Gasteiger partial charge in [0.1, 0.15) is 11.6 Å². The summed E-state index contributed by atoms with van der Waals surface area (Å²) >= 11 is 0. The highest BCUT2D eigenvalue weighted by atomic mass is 16.5. The Morgan fingerprint density at radius 2 is 0.705 bits per heavy atom. The van der Waals surface area contributed by atoms with E-state index in [1.165, 1.54) is 0 Å². The zero-order valence-electron chi connectivity index (χ0n) is 27.7. The molecule has 0 fully saturated rings. The van der Waals surface area contributed by atoms with Crippen LogP contribution < -0.4 is 10.6 Å². The molecule has 44 heavy (non-hydrogen) atoms. The average molecular weight is 625 g/mol. The second-order valence-corrected chi connectivity index (χ2v) is 11.4. The van der Waals surface area contributed by atoms with Gasteiger partial charge in [0, 0.05) is 38.8 Å². The Hall–Kier alpha value is -2.78. The van der Waals surface area contributed by atoms with Gasteiger partial charge < -0.3 is 20.1 Å². The minimum absolute atomic E-state index is 0.0256. The molecular formula is C34H60N2O8. The summed E-state index contributed by atoms with van der Waals surface area (Å²) in [5.41, 5.74) is 0. The van der Waals surface area contributed by atoms with E-state index in [4.69, 9.17) is 9.47 Å². The molecule has 0 atom stereocenters. The number of unbranched alkanes of at least 4 members (excludes halogenated alkanes) is 14. The third-order valence-corrected chi connectivity index (χ3v) is 7.27. The first-order valence-electron chi connectivity index (χ1n) is 17.2. The summed E-state index contributed by atoms with van der Waals surface area (Å²) in [6.45, 7) is 5.56. The second-order valence-electron chi connectivity index (χ2n) is 11.4. The van der Waals surface area contributed by atoms with Crippen LogP contribution in [0.5, 0.6) is 0 Å². The zero-order chi connectivity index (χ0) is 32.7. The minimum Gasteiger partial charge on any atom is -0.466 e. The van der Waals surface area contributed by atoms with Crippen molar-refractivity contribution in [3.63, 3.8) is 0 Å². The molecule has 254 valence electrons. The van der Waals surface area contributed by atoms with Crippen LogP contribution in [0.4, 0.5) is 0 Å². The van der Waals surface area contributed by atoms with Crippen molar-refractivity contribution in [2.24, 2.45) is 0 Å². The minimum atomic E-state index is -0.323. The monoisotopic (exact) mass is 624 g/mol. The van der Waals surface area contributed by atoms with Crippen LogP contribution in [0, 0.1) is 0 Å². The molecule has 2 amide bonds. The fraction of sp³-hybridized carbons (Fsp3) is 0.824. The largest absolute Gasteiger partial charge is 0.466 e. The van der Waals surface area contributed by atoms with Gasteiger partial charge in [0.2, 0.25) is 11.8 Å². The first-order valence-corrected chi connectivity index (χ1v) is 17.2. The van der Waals surface area contributed by atoms with Crippen molar-refractivity contribution < 1.29 is 38.2 Å². The Kier molecular flexibility index (Phi) is 28.3. The van der Waals surface area contributed by atoms with Crippen LogP contribution in [0.2, 0.25) is 0 Å². The quantitative estimate of drug-likeness (QED) is 0.0538. The molecule has 10 heteroatoms. The van der Waals surface area contributed by atoms with Crippen LogP contribution in [0.1, 0.15) is 155 Å². The number of carbonyl (C=O) groups excluding carboxylic acids is 6. The fourth-order valence-corrected chi connectivity index (χ4v) is 4.77. The number of nitrogens with one attached hydrogen (secondary N) is 2. The number of ketones is 2. The summed E-state index contributed by atoms with van der Waals surface area (Å²) in [6, 6.07) is 0. The SMILES string of the molecule is CCOC(=O)CCCCCCCCCCNC(=O)CC(=O)CCC(=O)CC(=O)NCCCCCCCCCCC(=O)OCC. The Balaban J connectivity index is 3.57. The van der Waals surface area contributed by atoms with E-state index in [0.717, 1.165) is 103 Å². The molecule has 0 spiro atoms. The van der Waals surface area contributed by atoms with E-state index in [-0.39, 0.29) is 61.0 Å². The molecule has 0 saturated heterocycles. The predicted molar refractivity (Wildman–Crippen MR) is 171 cm³/mol. The molecule has 0 aromatic heterocycles. The maximum Gasteiger partial charge on any atom is 0.305 e. The molecule has 0 saturated carbocycles. The van der Waals surface area contributed by atoms with Gasteiger partial charge in [0.15, 0.2) is 0 Å². The van der Waals surface area contributed by atoms with Gasteiger partial charge in [-0.05, 0) is 39.5 Å².